The SMILES string of the molecule is Cc1cn2nc([C@@H]3CCCCN3C(=O)c3cc(Cl)ccc3NS(C)(=O)=O)cc2nc1N1CCC[C@H]1CO. The van der Waals surface area contributed by atoms with Crippen LogP contribution in [0.5, 0.6) is 0 Å². The van der Waals surface area contributed by atoms with Crippen LogP contribution in [0.25, 0.3) is 5.65 Å². The number of benzene rings is 1. The van der Waals surface area contributed by atoms with Crippen LogP contribution in [0.1, 0.15) is 59.8 Å². The largest absolute Gasteiger partial charge is 0.394 e. The molecule has 0 spiro atoms. The van der Waals surface area contributed by atoms with Gasteiger partial charge < -0.3 is 14.9 Å². The topological polar surface area (TPSA) is 120 Å². The van der Waals surface area contributed by atoms with Crippen LogP contribution in [-0.2, 0) is 10.0 Å². The molecule has 4 heterocycles. The van der Waals surface area contributed by atoms with Gasteiger partial charge in [-0.2, -0.15) is 5.10 Å². The maximum Gasteiger partial charge on any atom is 0.256 e. The van der Waals surface area contributed by atoms with E-state index in [2.05, 4.69) is 9.62 Å². The molecule has 2 atom stereocenters. The van der Waals surface area contributed by atoms with Crippen molar-refractivity contribution in [1.29, 1.82) is 0 Å². The average Bonchev–Trinajstić information content (AvgIpc) is 3.49. The molecule has 198 valence electrons. The number of amides is 1. The number of carbonyl (C=O) groups excluding carboxylic acids is 1. The number of halogens is 1. The number of likely N-dealkylation sites (tertiary alicyclic amines) is 1. The number of piperidine rings is 1. The predicted octanol–water partition coefficient (Wildman–Crippen LogP) is 3.39. The zero-order chi connectivity index (χ0) is 26.3. The second-order valence-electron chi connectivity index (χ2n) is 9.87. The molecule has 0 unspecified atom stereocenters. The fourth-order valence-corrected chi connectivity index (χ4v) is 6.15. The molecular weight excluding hydrogens is 516 g/mol. The van der Waals surface area contributed by atoms with Gasteiger partial charge in [-0.05, 0) is 57.2 Å². The summed E-state index contributed by atoms with van der Waals surface area (Å²) in [4.78, 5) is 22.6. The van der Waals surface area contributed by atoms with Crippen LogP contribution in [0.15, 0.2) is 30.5 Å². The van der Waals surface area contributed by atoms with Gasteiger partial charge in [0, 0.05) is 35.9 Å². The molecule has 12 heteroatoms. The van der Waals surface area contributed by atoms with Gasteiger partial charge in [0.25, 0.3) is 5.91 Å². The fourth-order valence-electron chi connectivity index (χ4n) is 5.40. The summed E-state index contributed by atoms with van der Waals surface area (Å²) < 4.78 is 28.0. The van der Waals surface area contributed by atoms with Gasteiger partial charge in [0.2, 0.25) is 10.0 Å². The average molecular weight is 547 g/mol. The van der Waals surface area contributed by atoms with Crippen molar-refractivity contribution in [3.05, 3.63) is 52.3 Å². The summed E-state index contributed by atoms with van der Waals surface area (Å²) in [6, 6.07) is 6.25. The van der Waals surface area contributed by atoms with Crippen molar-refractivity contribution < 1.29 is 18.3 Å². The molecule has 2 saturated heterocycles. The number of anilines is 2. The fraction of sp³-hybridized carbons (Fsp3) is 0.480. The maximum absolute atomic E-state index is 13.8. The lowest BCUT2D eigenvalue weighted by Gasteiger charge is -2.35. The van der Waals surface area contributed by atoms with Crippen LogP contribution in [0, 0.1) is 6.92 Å². The first-order chi connectivity index (χ1) is 17.6. The van der Waals surface area contributed by atoms with Gasteiger partial charge in [0.15, 0.2) is 5.65 Å². The molecule has 2 fully saturated rings. The highest BCUT2D eigenvalue weighted by Gasteiger charge is 2.33. The van der Waals surface area contributed by atoms with Crippen LogP contribution in [0.2, 0.25) is 5.02 Å². The Balaban J connectivity index is 1.49. The summed E-state index contributed by atoms with van der Waals surface area (Å²) in [7, 11) is -3.59. The molecule has 1 amide bonds. The zero-order valence-corrected chi connectivity index (χ0v) is 22.5. The zero-order valence-electron chi connectivity index (χ0n) is 20.9. The molecule has 0 radical (unpaired) electrons. The van der Waals surface area contributed by atoms with E-state index in [1.807, 2.05) is 19.2 Å². The maximum atomic E-state index is 13.8. The molecule has 0 bridgehead atoms. The molecule has 2 aliphatic rings. The van der Waals surface area contributed by atoms with Gasteiger partial charge in [-0.3, -0.25) is 9.52 Å². The van der Waals surface area contributed by atoms with E-state index in [4.69, 9.17) is 21.7 Å². The third-order valence-electron chi connectivity index (χ3n) is 7.10. The van der Waals surface area contributed by atoms with Crippen LogP contribution in [0.4, 0.5) is 11.5 Å². The molecule has 0 saturated carbocycles. The van der Waals surface area contributed by atoms with Gasteiger partial charge in [-0.15, -0.1) is 0 Å². The first-order valence-electron chi connectivity index (χ1n) is 12.5. The van der Waals surface area contributed by atoms with Crippen molar-refractivity contribution >= 4 is 44.7 Å². The number of aliphatic hydroxyl groups excluding tert-OH is 1. The molecule has 2 aliphatic heterocycles. The highest BCUT2D eigenvalue weighted by Crippen LogP contribution is 2.35. The van der Waals surface area contributed by atoms with Crippen molar-refractivity contribution in [3.8, 4) is 0 Å². The Morgan fingerprint density at radius 2 is 2.00 bits per heavy atom. The summed E-state index contributed by atoms with van der Waals surface area (Å²) in [5.74, 6) is 0.547. The minimum Gasteiger partial charge on any atom is -0.394 e. The molecule has 2 aromatic heterocycles. The van der Waals surface area contributed by atoms with E-state index < -0.39 is 10.0 Å². The summed E-state index contributed by atoms with van der Waals surface area (Å²) >= 11 is 6.19. The van der Waals surface area contributed by atoms with E-state index in [0.717, 1.165) is 62.0 Å². The lowest BCUT2D eigenvalue weighted by Crippen LogP contribution is -2.39. The smallest absolute Gasteiger partial charge is 0.256 e. The Morgan fingerprint density at radius 1 is 1.19 bits per heavy atom. The minimum absolute atomic E-state index is 0.0648. The lowest BCUT2D eigenvalue weighted by molar-refractivity contribution is 0.0607. The third kappa shape index (κ3) is 5.25. The van der Waals surface area contributed by atoms with E-state index >= 15 is 0 Å². The van der Waals surface area contributed by atoms with Crippen LogP contribution >= 0.6 is 11.6 Å². The first-order valence-corrected chi connectivity index (χ1v) is 14.7. The van der Waals surface area contributed by atoms with Crippen LogP contribution in [-0.4, -0.2) is 70.9 Å². The van der Waals surface area contributed by atoms with E-state index in [-0.39, 0.29) is 35.8 Å². The number of sulfonamides is 1. The molecule has 1 aromatic carbocycles. The lowest BCUT2D eigenvalue weighted by atomic mass is 9.98. The highest BCUT2D eigenvalue weighted by molar-refractivity contribution is 7.92. The van der Waals surface area contributed by atoms with Crippen molar-refractivity contribution in [2.75, 3.05) is 35.6 Å². The number of aliphatic hydroxyl groups is 1. The highest BCUT2D eigenvalue weighted by atomic mass is 35.5. The summed E-state index contributed by atoms with van der Waals surface area (Å²) in [5.41, 5.74) is 2.78. The van der Waals surface area contributed by atoms with E-state index in [0.29, 0.717) is 17.2 Å². The molecule has 2 N–H and O–H groups in total. The van der Waals surface area contributed by atoms with Gasteiger partial charge in [-0.1, -0.05) is 11.6 Å². The Kier molecular flexibility index (Phi) is 7.03. The number of hydrogen-bond donors (Lipinski definition) is 2. The molecule has 5 rings (SSSR count). The van der Waals surface area contributed by atoms with E-state index in [9.17, 15) is 18.3 Å². The van der Waals surface area contributed by atoms with Crippen LogP contribution < -0.4 is 9.62 Å². The van der Waals surface area contributed by atoms with Crippen molar-refractivity contribution in [2.24, 2.45) is 0 Å². The minimum atomic E-state index is -3.59. The summed E-state index contributed by atoms with van der Waals surface area (Å²) in [6.07, 6.45) is 7.45. The molecule has 37 heavy (non-hydrogen) atoms. The number of aromatic nitrogens is 3. The number of aryl methyl sites for hydroxylation is 1. The summed E-state index contributed by atoms with van der Waals surface area (Å²) in [5, 5.41) is 14.9. The number of carbonyl (C=O) groups is 1. The van der Waals surface area contributed by atoms with E-state index in [1.165, 1.54) is 12.1 Å². The normalized spacial score (nSPS) is 20.5. The third-order valence-corrected chi connectivity index (χ3v) is 7.92. The van der Waals surface area contributed by atoms with Gasteiger partial charge >= 0.3 is 0 Å². The standard InChI is InChI=1S/C25H31ClN6O4S/c1-16-14-32-23(27-24(16)30-11-5-6-18(30)15-33)13-21(28-32)22-7-3-4-10-31(22)25(34)19-12-17(26)8-9-20(19)29-37(2,35)36/h8-9,12-14,18,22,29,33H,3-7,10-11,15H2,1-2H3/t18-,22-/m0/s1. The Hall–Kier alpha value is -2.89. The van der Waals surface area contributed by atoms with E-state index in [1.54, 1.807) is 15.5 Å². The quantitative estimate of drug-likeness (QED) is 0.486. The van der Waals surface area contributed by atoms with Gasteiger partial charge in [0.1, 0.15) is 5.82 Å². The molecule has 0 aliphatic carbocycles. The Morgan fingerprint density at radius 3 is 2.76 bits per heavy atom. The Bertz CT molecular complexity index is 1440. The predicted molar refractivity (Wildman–Crippen MR) is 143 cm³/mol. The first kappa shape index (κ1) is 25.7. The van der Waals surface area contributed by atoms with Gasteiger partial charge in [-0.25, -0.2) is 17.9 Å². The molecule has 10 nitrogen and oxygen atoms in total. The Labute approximate surface area is 221 Å². The monoisotopic (exact) mass is 546 g/mol. The van der Waals surface area contributed by atoms with Crippen molar-refractivity contribution in [3.63, 3.8) is 0 Å². The number of fused-ring (bicyclic) bond motifs is 1. The molecular formula is C25H31ClN6O4S. The summed E-state index contributed by atoms with van der Waals surface area (Å²) in [6.45, 7) is 3.45. The van der Waals surface area contributed by atoms with Crippen LogP contribution in [0.3, 0.4) is 0 Å². The number of rotatable bonds is 6. The number of nitrogens with zero attached hydrogens (tertiary/aromatic N) is 5. The molecule has 3 aromatic rings. The number of nitrogens with one attached hydrogen (secondary N) is 1. The van der Waals surface area contributed by atoms with Crippen molar-refractivity contribution in [1.82, 2.24) is 19.5 Å². The van der Waals surface area contributed by atoms with Gasteiger partial charge in [0.05, 0.1) is 41.9 Å². The number of hydrogen-bond acceptors (Lipinski definition) is 7. The van der Waals surface area contributed by atoms with Crippen molar-refractivity contribution in [2.45, 2.75) is 51.1 Å². The second kappa shape index (κ2) is 10.1. The second-order valence-corrected chi connectivity index (χ2v) is 12.1.